The zero-order valence-corrected chi connectivity index (χ0v) is 12.9. The highest BCUT2D eigenvalue weighted by molar-refractivity contribution is 7.18. The number of nitrogens with two attached hydrogens (primary N) is 1. The molecule has 0 spiro atoms. The molecule has 0 saturated heterocycles. The lowest BCUT2D eigenvalue weighted by molar-refractivity contribution is 0.0939. The van der Waals surface area contributed by atoms with Gasteiger partial charge in [-0.25, -0.2) is 4.98 Å². The third-order valence-corrected chi connectivity index (χ3v) is 3.87. The van der Waals surface area contributed by atoms with Crippen molar-refractivity contribution in [2.24, 2.45) is 5.92 Å². The zero-order chi connectivity index (χ0) is 14.4. The number of amides is 1. The van der Waals surface area contributed by atoms with E-state index in [4.69, 9.17) is 5.73 Å². The van der Waals surface area contributed by atoms with E-state index in [0.717, 1.165) is 19.4 Å². The van der Waals surface area contributed by atoms with E-state index in [0.29, 0.717) is 21.7 Å². The number of nitrogens with zero attached hydrogens (tertiary/aromatic N) is 1. The molecule has 1 rings (SSSR count). The van der Waals surface area contributed by atoms with Gasteiger partial charge in [-0.3, -0.25) is 4.79 Å². The van der Waals surface area contributed by atoms with Crippen LogP contribution in [0.3, 0.4) is 0 Å². The largest absolute Gasteiger partial charge is 0.382 e. The van der Waals surface area contributed by atoms with E-state index in [2.05, 4.69) is 43.3 Å². The monoisotopic (exact) mass is 284 g/mol. The maximum absolute atomic E-state index is 12.1. The van der Waals surface area contributed by atoms with Gasteiger partial charge in [-0.1, -0.05) is 39.0 Å². The topological polar surface area (TPSA) is 80.0 Å². The number of carbonyl (C=O) groups excluding carboxylic acids is 1. The average Bonchev–Trinajstić information content (AvgIpc) is 2.74. The summed E-state index contributed by atoms with van der Waals surface area (Å²) in [6.07, 6.45) is 1.83. The number of hydrogen-bond donors (Lipinski definition) is 3. The molecule has 0 radical (unpaired) electrons. The van der Waals surface area contributed by atoms with Crippen LogP contribution < -0.4 is 16.4 Å². The van der Waals surface area contributed by atoms with Crippen LogP contribution >= 0.6 is 11.3 Å². The summed E-state index contributed by atoms with van der Waals surface area (Å²) >= 11 is 1.31. The van der Waals surface area contributed by atoms with E-state index < -0.39 is 0 Å². The Bertz CT molecular complexity index is 413. The minimum Gasteiger partial charge on any atom is -0.382 e. The van der Waals surface area contributed by atoms with Crippen molar-refractivity contribution < 1.29 is 4.79 Å². The van der Waals surface area contributed by atoms with Gasteiger partial charge in [-0.05, 0) is 18.8 Å². The molecule has 4 N–H and O–H groups in total. The van der Waals surface area contributed by atoms with Gasteiger partial charge in [0.2, 0.25) is 0 Å². The second-order valence-corrected chi connectivity index (χ2v) is 5.99. The predicted octanol–water partition coefficient (Wildman–Crippen LogP) is 2.71. The summed E-state index contributed by atoms with van der Waals surface area (Å²) in [5, 5.41) is 6.87. The minimum absolute atomic E-state index is 0.124. The smallest absolute Gasteiger partial charge is 0.265 e. The molecule has 1 aromatic rings. The predicted molar refractivity (Wildman–Crippen MR) is 81.7 cm³/mol. The normalized spacial score (nSPS) is 11.1. The number of anilines is 2. The summed E-state index contributed by atoms with van der Waals surface area (Å²) in [6.45, 7) is 9.16. The van der Waals surface area contributed by atoms with Crippen molar-refractivity contribution in [3.63, 3.8) is 0 Å². The van der Waals surface area contributed by atoms with Crippen LogP contribution in [0.25, 0.3) is 0 Å². The Labute approximate surface area is 119 Å². The van der Waals surface area contributed by atoms with Crippen LogP contribution in [0.1, 0.15) is 50.2 Å². The lowest BCUT2D eigenvalue weighted by Crippen LogP contribution is -2.33. The van der Waals surface area contributed by atoms with Crippen molar-refractivity contribution in [2.75, 3.05) is 17.6 Å². The molecule has 0 atom stereocenters. The van der Waals surface area contributed by atoms with Crippen molar-refractivity contribution >= 4 is 28.2 Å². The Morgan fingerprint density at radius 2 is 2.00 bits per heavy atom. The Balaban J connectivity index is 2.69. The molecular weight excluding hydrogens is 260 g/mol. The van der Waals surface area contributed by atoms with Crippen LogP contribution in [-0.2, 0) is 0 Å². The average molecular weight is 284 g/mol. The first-order valence-corrected chi connectivity index (χ1v) is 7.60. The molecule has 1 aromatic heterocycles. The van der Waals surface area contributed by atoms with Crippen LogP contribution in [0.4, 0.5) is 10.9 Å². The van der Waals surface area contributed by atoms with E-state index >= 15 is 0 Å². The van der Waals surface area contributed by atoms with Gasteiger partial charge < -0.3 is 16.4 Å². The highest BCUT2D eigenvalue weighted by Gasteiger charge is 2.18. The maximum Gasteiger partial charge on any atom is 0.265 e. The van der Waals surface area contributed by atoms with Crippen molar-refractivity contribution in [1.29, 1.82) is 0 Å². The van der Waals surface area contributed by atoms with Gasteiger partial charge in [0.1, 0.15) is 10.7 Å². The molecule has 1 amide bonds. The fourth-order valence-corrected chi connectivity index (χ4v) is 2.40. The molecular formula is C13H24N4OS. The molecule has 0 unspecified atom stereocenters. The quantitative estimate of drug-likeness (QED) is 0.719. The minimum atomic E-state index is -0.124. The van der Waals surface area contributed by atoms with Crippen LogP contribution in [0, 0.1) is 5.92 Å². The van der Waals surface area contributed by atoms with Crippen molar-refractivity contribution in [1.82, 2.24) is 10.3 Å². The van der Waals surface area contributed by atoms with Crippen LogP contribution in [-0.4, -0.2) is 23.5 Å². The van der Waals surface area contributed by atoms with Crippen LogP contribution in [0.5, 0.6) is 0 Å². The van der Waals surface area contributed by atoms with Gasteiger partial charge in [0.15, 0.2) is 5.13 Å². The SMILES string of the molecule is CCC(CC)NC(=O)c1sc(NCC(C)C)nc1N. The Morgan fingerprint density at radius 1 is 1.37 bits per heavy atom. The van der Waals surface area contributed by atoms with Crippen molar-refractivity contribution in [2.45, 2.75) is 46.6 Å². The van der Waals surface area contributed by atoms with Crippen molar-refractivity contribution in [3.05, 3.63) is 4.88 Å². The number of nitrogen functional groups attached to an aromatic ring is 1. The van der Waals surface area contributed by atoms with E-state index in [1.54, 1.807) is 0 Å². The lowest BCUT2D eigenvalue weighted by atomic mass is 10.2. The molecule has 0 fully saturated rings. The molecule has 0 bridgehead atoms. The van der Waals surface area contributed by atoms with Gasteiger partial charge in [-0.15, -0.1) is 0 Å². The number of carbonyl (C=O) groups is 1. The second kappa shape index (κ2) is 7.33. The molecule has 0 saturated carbocycles. The van der Waals surface area contributed by atoms with E-state index in [1.807, 2.05) is 0 Å². The van der Waals surface area contributed by atoms with E-state index in [-0.39, 0.29) is 11.9 Å². The molecule has 6 heteroatoms. The molecule has 19 heavy (non-hydrogen) atoms. The summed E-state index contributed by atoms with van der Waals surface area (Å²) in [5.74, 6) is 0.702. The number of nitrogens with one attached hydrogen (secondary N) is 2. The molecule has 1 heterocycles. The molecule has 0 aliphatic heterocycles. The van der Waals surface area contributed by atoms with Gasteiger partial charge in [0, 0.05) is 12.6 Å². The number of aromatic nitrogens is 1. The highest BCUT2D eigenvalue weighted by atomic mass is 32.1. The molecule has 108 valence electrons. The summed E-state index contributed by atoms with van der Waals surface area (Å²) in [5.41, 5.74) is 5.81. The Kier molecular flexibility index (Phi) is 6.08. The summed E-state index contributed by atoms with van der Waals surface area (Å²) < 4.78 is 0. The van der Waals surface area contributed by atoms with E-state index in [1.165, 1.54) is 11.3 Å². The molecule has 0 aliphatic rings. The van der Waals surface area contributed by atoms with Crippen LogP contribution in [0.15, 0.2) is 0 Å². The summed E-state index contributed by atoms with van der Waals surface area (Å²) in [7, 11) is 0. The fraction of sp³-hybridized carbons (Fsp3) is 0.692. The first-order valence-electron chi connectivity index (χ1n) is 6.78. The standard InChI is InChI=1S/C13H24N4OS/c1-5-9(6-2)16-12(18)10-11(14)17-13(19-10)15-7-8(3)4/h8-9H,5-7,14H2,1-4H3,(H,15,17)(H,16,18). The summed E-state index contributed by atoms with van der Waals surface area (Å²) in [4.78, 5) is 16.8. The first kappa shape index (κ1) is 15.8. The van der Waals surface area contributed by atoms with E-state index in [9.17, 15) is 4.79 Å². The highest BCUT2D eigenvalue weighted by Crippen LogP contribution is 2.25. The molecule has 0 aromatic carbocycles. The van der Waals surface area contributed by atoms with Gasteiger partial charge >= 0.3 is 0 Å². The van der Waals surface area contributed by atoms with Gasteiger partial charge in [0.25, 0.3) is 5.91 Å². The number of thiazole rings is 1. The molecule has 5 nitrogen and oxygen atoms in total. The Hall–Kier alpha value is -1.30. The summed E-state index contributed by atoms with van der Waals surface area (Å²) in [6, 6.07) is 0.195. The van der Waals surface area contributed by atoms with Gasteiger partial charge in [0.05, 0.1) is 0 Å². The first-order chi connectivity index (χ1) is 8.97. The lowest BCUT2D eigenvalue weighted by Gasteiger charge is -2.13. The number of rotatable bonds is 7. The third-order valence-electron chi connectivity index (χ3n) is 2.84. The Morgan fingerprint density at radius 3 is 2.53 bits per heavy atom. The molecule has 0 aliphatic carbocycles. The third kappa shape index (κ3) is 4.70. The number of hydrogen-bond acceptors (Lipinski definition) is 5. The zero-order valence-electron chi connectivity index (χ0n) is 12.1. The second-order valence-electron chi connectivity index (χ2n) is 5.00. The van der Waals surface area contributed by atoms with Crippen LogP contribution in [0.2, 0.25) is 0 Å². The van der Waals surface area contributed by atoms with Gasteiger partial charge in [-0.2, -0.15) is 0 Å². The van der Waals surface area contributed by atoms with Crippen molar-refractivity contribution in [3.8, 4) is 0 Å². The fourth-order valence-electron chi connectivity index (χ4n) is 1.61. The maximum atomic E-state index is 12.1.